The molecule has 0 aliphatic carbocycles. The predicted molar refractivity (Wildman–Crippen MR) is 294 cm³/mol. The number of aromatic hydroxyl groups is 1. The van der Waals surface area contributed by atoms with Crippen molar-refractivity contribution in [2.75, 3.05) is 23.8 Å². The van der Waals surface area contributed by atoms with Crippen molar-refractivity contribution in [3.05, 3.63) is 166 Å². The van der Waals surface area contributed by atoms with E-state index in [9.17, 15) is 45.7 Å². The third-order valence-corrected chi connectivity index (χ3v) is 14.1. The summed E-state index contributed by atoms with van der Waals surface area (Å²) in [6.45, 7) is 8.13. The van der Waals surface area contributed by atoms with Crippen molar-refractivity contribution in [2.45, 2.75) is 50.3 Å². The van der Waals surface area contributed by atoms with Crippen molar-refractivity contribution in [2.24, 2.45) is 20.5 Å². The number of hydrogen-bond acceptors (Lipinski definition) is 15. The molecule has 18 nitrogen and oxygen atoms in total. The molecule has 2 amide bonds. The maximum Gasteiger partial charge on any atom is 2.00 e. The average molecular weight is 1150 g/mol. The van der Waals surface area contributed by atoms with Crippen LogP contribution in [0.15, 0.2) is 164 Å². The second kappa shape index (κ2) is 26.1. The van der Waals surface area contributed by atoms with Gasteiger partial charge in [-0.1, -0.05) is 91.3 Å². The number of fused-ring (bicyclic) bond motifs is 2. The van der Waals surface area contributed by atoms with E-state index in [0.717, 1.165) is 0 Å². The van der Waals surface area contributed by atoms with Crippen LogP contribution in [-0.4, -0.2) is 93.8 Å². The van der Waals surface area contributed by atoms with Gasteiger partial charge in [0.1, 0.15) is 32.2 Å². The molecule has 0 atom stereocenters. The molecule has 0 spiro atoms. The fourth-order valence-electron chi connectivity index (χ4n) is 7.86. The van der Waals surface area contributed by atoms with Gasteiger partial charge < -0.3 is 34.9 Å². The summed E-state index contributed by atoms with van der Waals surface area (Å²) in [7, 11) is -9.34. The summed E-state index contributed by atoms with van der Waals surface area (Å²) < 4.78 is 78.6. The number of carbonyl (C=O) groups is 2. The Bertz CT molecular complexity index is 3560. The second-order valence-electron chi connectivity index (χ2n) is 16.4. The van der Waals surface area contributed by atoms with Gasteiger partial charge in [-0.2, -0.15) is 23.8 Å². The van der Waals surface area contributed by atoms with E-state index < -0.39 is 42.7 Å². The third kappa shape index (κ3) is 14.5. The van der Waals surface area contributed by atoms with Gasteiger partial charge in [0.25, 0.3) is 21.9 Å². The first-order valence-corrected chi connectivity index (χ1v) is 26.8. The molecule has 0 fully saturated rings. The van der Waals surface area contributed by atoms with E-state index >= 15 is 0 Å². The zero-order chi connectivity index (χ0) is 54.9. The molecular weight excluding hydrogens is 1100 g/mol. The van der Waals surface area contributed by atoms with Gasteiger partial charge in [-0.15, -0.1) is 5.11 Å². The maximum absolute atomic E-state index is 13.4. The number of anilines is 2. The molecule has 0 radical (unpaired) electrons. The van der Waals surface area contributed by atoms with Crippen molar-refractivity contribution in [1.82, 2.24) is 0 Å². The third-order valence-electron chi connectivity index (χ3n) is 11.3. The Balaban J connectivity index is 0.000000246. The second-order valence-corrected chi connectivity index (χ2v) is 19.8. The van der Waals surface area contributed by atoms with Crippen LogP contribution in [0.2, 0.25) is 10.0 Å². The van der Waals surface area contributed by atoms with Crippen molar-refractivity contribution in [3.63, 3.8) is 0 Å². The summed E-state index contributed by atoms with van der Waals surface area (Å²) >= 11 is 12.2. The van der Waals surface area contributed by atoms with Gasteiger partial charge in [-0.05, 0) is 134 Å². The molecule has 0 bridgehead atoms. The molecule has 0 aliphatic heterocycles. The number of phenolic OH excluding ortho intramolecular Hbond substituents is 1. The van der Waals surface area contributed by atoms with Crippen LogP contribution >= 0.6 is 23.2 Å². The number of nitrogens with one attached hydrogen (secondary N) is 2. The fourth-order valence-corrected chi connectivity index (χ4v) is 10.6. The molecule has 0 unspecified atom stereocenters. The smallest absolute Gasteiger partial charge is 0.870 e. The summed E-state index contributed by atoms with van der Waals surface area (Å²) in [6.07, 6.45) is 0.463. The monoisotopic (exact) mass is 1140 g/mol. The van der Waals surface area contributed by atoms with Gasteiger partial charge >= 0.3 is 37.7 Å². The first-order valence-electron chi connectivity index (χ1n) is 23.2. The number of benzene rings is 8. The van der Waals surface area contributed by atoms with E-state index in [2.05, 4.69) is 31.1 Å². The van der Waals surface area contributed by atoms with Crippen molar-refractivity contribution in [3.8, 4) is 23.0 Å². The molecule has 0 saturated heterocycles. The number of amides is 2. The van der Waals surface area contributed by atoms with Gasteiger partial charge in [0.05, 0.1) is 50.8 Å². The predicted octanol–water partition coefficient (Wildman–Crippen LogP) is 12.8. The fraction of sp³-hybridized carbons (Fsp3) is 0.148. The van der Waals surface area contributed by atoms with Gasteiger partial charge in [-0.3, -0.25) is 14.1 Å². The molecule has 4 N–H and O–H groups in total. The minimum atomic E-state index is -4.80. The van der Waals surface area contributed by atoms with Crippen LogP contribution in [0.3, 0.4) is 0 Å². The van der Waals surface area contributed by atoms with Gasteiger partial charge in [0.2, 0.25) is 0 Å². The van der Waals surface area contributed by atoms with Crippen LogP contribution < -0.4 is 25.2 Å². The van der Waals surface area contributed by atoms with E-state index in [1.54, 1.807) is 117 Å². The SMILES string of the molecule is CCOc1ccc(NC(=O)c2cc3ccccc3c(N=Nc3cc(Cl)c(S(=O)(=O)O)c(CC)c3)c2O)cc1.CCOc1ccc(NC(=O)c2cc3ccccc3c(N=Nc3cc(Cl)c(S(=O)(=O)[O-])c(CC)c3)c2[O-])cc1.[Ca+2]. The Morgan fingerprint density at radius 2 is 1.00 bits per heavy atom. The van der Waals surface area contributed by atoms with Crippen molar-refractivity contribution < 1.29 is 55.2 Å². The number of nitrogens with zero attached hydrogens (tertiary/aromatic N) is 4. The normalized spacial score (nSPS) is 11.5. The van der Waals surface area contributed by atoms with Gasteiger partial charge in [-0.25, -0.2) is 8.42 Å². The topological polar surface area (TPSA) is 281 Å². The molecule has 0 aromatic heterocycles. The van der Waals surface area contributed by atoms with Crippen LogP contribution in [0, 0.1) is 0 Å². The molecule has 23 heteroatoms. The largest absolute Gasteiger partial charge is 2.00 e. The number of hydrogen-bond donors (Lipinski definition) is 4. The first kappa shape index (κ1) is 59.5. The first-order chi connectivity index (χ1) is 36.2. The summed E-state index contributed by atoms with van der Waals surface area (Å²) in [5.41, 5.74) is 1.59. The summed E-state index contributed by atoms with van der Waals surface area (Å²) in [5.74, 6) is -0.887. The number of azo groups is 2. The summed E-state index contributed by atoms with van der Waals surface area (Å²) in [6, 6.07) is 35.8. The number of carbonyl (C=O) groups excluding carboxylic acids is 2. The van der Waals surface area contributed by atoms with Gasteiger partial charge in [0, 0.05) is 27.7 Å². The number of phenols is 1. The molecule has 392 valence electrons. The molecule has 0 heterocycles. The standard InChI is InChI=1S/2C27H24ClN3O6S.Ca/c2*1-3-16-13-19(15-23(28)26(16)38(34,35)36)30-31-24-21-8-6-5-7-17(21)14-22(25(24)32)27(33)29-18-9-11-20(12-10-18)37-4-2;/h2*5-15,32H,3-4H2,1-2H3,(H,29,33)(H,34,35,36);/q;;+2/p-2. The number of rotatable bonds is 16. The number of halogens is 2. The average Bonchev–Trinajstić information content (AvgIpc) is 3.38. The molecule has 8 aromatic carbocycles. The molecule has 0 aliphatic rings. The Labute approximate surface area is 483 Å². The molecule has 8 aromatic rings. The Morgan fingerprint density at radius 1 is 0.584 bits per heavy atom. The molecule has 8 rings (SSSR count). The minimum Gasteiger partial charge on any atom is -0.870 e. The van der Waals surface area contributed by atoms with E-state index in [4.69, 9.17) is 32.7 Å². The summed E-state index contributed by atoms with van der Waals surface area (Å²) in [5, 5.41) is 48.2. The van der Waals surface area contributed by atoms with Crippen LogP contribution in [0.4, 0.5) is 34.1 Å². The van der Waals surface area contributed by atoms with Crippen LogP contribution in [0.5, 0.6) is 23.0 Å². The number of ether oxygens (including phenoxy) is 2. The van der Waals surface area contributed by atoms with Crippen molar-refractivity contribution in [1.29, 1.82) is 0 Å². The molecule has 0 saturated carbocycles. The Morgan fingerprint density at radius 3 is 1.45 bits per heavy atom. The zero-order valence-corrected chi connectivity index (χ0v) is 46.9. The van der Waals surface area contributed by atoms with Gasteiger partial charge in [0.15, 0.2) is 5.75 Å². The molecular formula is C54H46CaCl2N6O12S2. The van der Waals surface area contributed by atoms with E-state index in [0.29, 0.717) is 57.6 Å². The van der Waals surface area contributed by atoms with Crippen LogP contribution in [-0.2, 0) is 33.1 Å². The zero-order valence-electron chi connectivity index (χ0n) is 41.6. The van der Waals surface area contributed by atoms with Crippen LogP contribution in [0.1, 0.15) is 59.5 Å². The quantitative estimate of drug-likeness (QED) is 0.0399. The van der Waals surface area contributed by atoms with Crippen LogP contribution in [0.25, 0.3) is 21.5 Å². The molecule has 77 heavy (non-hydrogen) atoms. The minimum absolute atomic E-state index is 0. The Hall–Kier alpha value is -6.72. The summed E-state index contributed by atoms with van der Waals surface area (Å²) in [4.78, 5) is 25.3. The Kier molecular flexibility index (Phi) is 20.2. The van der Waals surface area contributed by atoms with E-state index in [1.807, 2.05) is 13.8 Å². The van der Waals surface area contributed by atoms with Crippen molar-refractivity contribution >= 4 is 149 Å². The number of aryl methyl sites for hydroxylation is 2. The van der Waals surface area contributed by atoms with E-state index in [1.165, 1.54) is 30.3 Å². The maximum atomic E-state index is 13.4. The van der Waals surface area contributed by atoms with E-state index in [-0.39, 0.29) is 116 Å².